The molecule has 1 aromatic carbocycles. The van der Waals surface area contributed by atoms with Crippen LogP contribution in [0.1, 0.15) is 24.1 Å². The molecule has 0 saturated carbocycles. The fourth-order valence-corrected chi connectivity index (χ4v) is 3.96. The summed E-state index contributed by atoms with van der Waals surface area (Å²) >= 11 is 1.40. The van der Waals surface area contributed by atoms with Crippen LogP contribution in [0.3, 0.4) is 0 Å². The monoisotopic (exact) mass is 548 g/mol. The smallest absolute Gasteiger partial charge is 0.326 e. The van der Waals surface area contributed by atoms with Gasteiger partial charge in [0.15, 0.2) is 0 Å². The fourth-order valence-electron chi connectivity index (χ4n) is 3.49. The van der Waals surface area contributed by atoms with E-state index in [1.54, 1.807) is 36.6 Å². The van der Waals surface area contributed by atoms with Gasteiger partial charge in [-0.2, -0.15) is 11.8 Å². The summed E-state index contributed by atoms with van der Waals surface area (Å²) in [5.41, 5.74) is 7.16. The van der Waals surface area contributed by atoms with Gasteiger partial charge in [-0.3, -0.25) is 19.2 Å². The molecule has 8 N–H and O–H groups in total. The molecule has 4 atom stereocenters. The second kappa shape index (κ2) is 15.4. The van der Waals surface area contributed by atoms with E-state index < -0.39 is 60.2 Å². The first-order valence-electron chi connectivity index (χ1n) is 11.7. The summed E-state index contributed by atoms with van der Waals surface area (Å²) in [4.78, 5) is 68.4. The molecule has 0 radical (unpaired) electrons. The predicted molar refractivity (Wildman–Crippen MR) is 139 cm³/mol. The molecule has 0 spiro atoms. The number of carboxylic acid groups (broad SMARTS) is 2. The molecule has 206 valence electrons. The quantitative estimate of drug-likeness (QED) is 0.140. The average molecular weight is 549 g/mol. The number of carbonyl (C=O) groups is 5. The maximum atomic E-state index is 13.0. The van der Waals surface area contributed by atoms with E-state index in [4.69, 9.17) is 5.73 Å². The van der Waals surface area contributed by atoms with Gasteiger partial charge < -0.3 is 36.9 Å². The lowest BCUT2D eigenvalue weighted by Crippen LogP contribution is -2.58. The lowest BCUT2D eigenvalue weighted by Gasteiger charge is -2.24. The highest BCUT2D eigenvalue weighted by atomic mass is 32.2. The Morgan fingerprint density at radius 3 is 2.16 bits per heavy atom. The molecular weight excluding hydrogens is 516 g/mol. The molecule has 38 heavy (non-hydrogen) atoms. The van der Waals surface area contributed by atoms with Crippen LogP contribution in [0.25, 0.3) is 0 Å². The number of hydrogen-bond donors (Lipinski definition) is 7. The van der Waals surface area contributed by atoms with Crippen LogP contribution in [-0.2, 0) is 36.8 Å². The van der Waals surface area contributed by atoms with E-state index in [0.717, 1.165) is 0 Å². The van der Waals surface area contributed by atoms with Crippen LogP contribution >= 0.6 is 11.8 Å². The summed E-state index contributed by atoms with van der Waals surface area (Å²) in [7, 11) is 0. The lowest BCUT2D eigenvalue weighted by molar-refractivity contribution is -0.143. The normalized spacial score (nSPS) is 13.9. The Bertz CT molecular complexity index is 1080. The van der Waals surface area contributed by atoms with Crippen molar-refractivity contribution in [1.29, 1.82) is 0 Å². The number of nitrogens with one attached hydrogen (secondary N) is 4. The van der Waals surface area contributed by atoms with Gasteiger partial charge in [-0.1, -0.05) is 30.3 Å². The molecule has 0 aliphatic carbocycles. The van der Waals surface area contributed by atoms with Crippen molar-refractivity contribution in [2.24, 2.45) is 5.73 Å². The molecule has 2 aromatic rings. The molecule has 3 amide bonds. The highest BCUT2D eigenvalue weighted by Gasteiger charge is 2.31. The first-order valence-corrected chi connectivity index (χ1v) is 13.1. The van der Waals surface area contributed by atoms with Gasteiger partial charge in [0, 0.05) is 24.7 Å². The van der Waals surface area contributed by atoms with Gasteiger partial charge in [0.25, 0.3) is 0 Å². The Balaban J connectivity index is 2.10. The van der Waals surface area contributed by atoms with Gasteiger partial charge in [-0.15, -0.1) is 0 Å². The molecule has 13 nitrogen and oxygen atoms in total. The number of nitrogens with two attached hydrogens (primary N) is 1. The van der Waals surface area contributed by atoms with Crippen molar-refractivity contribution in [3.05, 3.63) is 54.1 Å². The molecule has 2 rings (SSSR count). The highest BCUT2D eigenvalue weighted by Crippen LogP contribution is 2.07. The Hall–Kier alpha value is -3.91. The third-order valence-electron chi connectivity index (χ3n) is 5.48. The minimum absolute atomic E-state index is 0.0248. The second-order valence-corrected chi connectivity index (χ2v) is 9.46. The zero-order valence-electron chi connectivity index (χ0n) is 20.8. The summed E-state index contributed by atoms with van der Waals surface area (Å²) < 4.78 is 0. The number of rotatable bonds is 16. The maximum Gasteiger partial charge on any atom is 0.326 e. The minimum atomic E-state index is -1.52. The van der Waals surface area contributed by atoms with Crippen molar-refractivity contribution in [3.8, 4) is 0 Å². The minimum Gasteiger partial charge on any atom is -0.481 e. The Morgan fingerprint density at radius 1 is 0.947 bits per heavy atom. The molecule has 1 aromatic heterocycles. The van der Waals surface area contributed by atoms with E-state index in [2.05, 4.69) is 25.9 Å². The number of hydrogen-bond acceptors (Lipinski definition) is 8. The van der Waals surface area contributed by atoms with E-state index in [0.29, 0.717) is 17.0 Å². The van der Waals surface area contributed by atoms with Gasteiger partial charge in [0.1, 0.15) is 18.1 Å². The molecule has 4 unspecified atom stereocenters. The molecular formula is C24H32N6O7S. The SMILES string of the molecule is CSCCC(NC(=O)C(CC(=O)O)NC(=O)C(N)Cc1cnc[nH]1)C(=O)NC(Cc1ccccc1)C(=O)O. The van der Waals surface area contributed by atoms with E-state index in [-0.39, 0.29) is 19.3 Å². The van der Waals surface area contributed by atoms with Crippen LogP contribution in [0.4, 0.5) is 0 Å². The number of thioether (sulfide) groups is 1. The Labute approximate surface area is 223 Å². The van der Waals surface area contributed by atoms with Gasteiger partial charge in [0.2, 0.25) is 17.7 Å². The molecule has 0 aliphatic rings. The molecule has 1 heterocycles. The van der Waals surface area contributed by atoms with Gasteiger partial charge in [-0.05, 0) is 24.0 Å². The number of nitrogens with zero attached hydrogens (tertiary/aromatic N) is 1. The van der Waals surface area contributed by atoms with Crippen LogP contribution in [0.15, 0.2) is 42.9 Å². The molecule has 0 fully saturated rings. The van der Waals surface area contributed by atoms with Crippen molar-refractivity contribution < 1.29 is 34.2 Å². The van der Waals surface area contributed by atoms with Crippen molar-refractivity contribution in [3.63, 3.8) is 0 Å². The number of aliphatic carboxylic acids is 2. The second-order valence-electron chi connectivity index (χ2n) is 8.48. The van der Waals surface area contributed by atoms with Crippen LogP contribution in [0, 0.1) is 0 Å². The topological polar surface area (TPSA) is 217 Å². The summed E-state index contributed by atoms with van der Waals surface area (Å²) in [6.07, 6.45) is 4.17. The number of carbonyl (C=O) groups excluding carboxylic acids is 3. The number of aromatic amines is 1. The lowest BCUT2D eigenvalue weighted by atomic mass is 10.0. The van der Waals surface area contributed by atoms with Gasteiger partial charge in [-0.25, -0.2) is 9.78 Å². The molecule has 14 heteroatoms. The largest absolute Gasteiger partial charge is 0.481 e. The van der Waals surface area contributed by atoms with Crippen molar-refractivity contribution in [2.45, 2.75) is 49.9 Å². The fraction of sp³-hybridized carbons (Fsp3) is 0.417. The van der Waals surface area contributed by atoms with E-state index in [9.17, 15) is 34.2 Å². The first kappa shape index (κ1) is 30.3. The molecule has 0 saturated heterocycles. The summed E-state index contributed by atoms with van der Waals surface area (Å²) in [5.74, 6) is -4.58. The number of amides is 3. The zero-order chi connectivity index (χ0) is 28.1. The summed E-state index contributed by atoms with van der Waals surface area (Å²) in [5, 5.41) is 26.1. The number of benzene rings is 1. The number of imidazole rings is 1. The average Bonchev–Trinajstić information content (AvgIpc) is 3.38. The highest BCUT2D eigenvalue weighted by molar-refractivity contribution is 7.98. The standard InChI is InChI=1S/C24H32N6O7S/c1-38-8-7-17(22(34)30-19(24(36)37)9-14-5-3-2-4-6-14)28-23(35)18(11-20(31)32)29-21(33)16(25)10-15-12-26-13-27-15/h2-6,12-13,16-19H,7-11,25H2,1H3,(H,26,27)(H,28,35)(H,29,33)(H,30,34)(H,31,32)(H,36,37). The van der Waals surface area contributed by atoms with Gasteiger partial charge in [0.05, 0.1) is 18.8 Å². The zero-order valence-corrected chi connectivity index (χ0v) is 21.6. The Morgan fingerprint density at radius 2 is 1.58 bits per heavy atom. The van der Waals surface area contributed by atoms with Crippen molar-refractivity contribution in [1.82, 2.24) is 25.9 Å². The number of aromatic nitrogens is 2. The maximum absolute atomic E-state index is 13.0. The molecule has 0 aliphatic heterocycles. The van der Waals surface area contributed by atoms with Crippen LogP contribution in [0.5, 0.6) is 0 Å². The van der Waals surface area contributed by atoms with E-state index >= 15 is 0 Å². The summed E-state index contributed by atoms with van der Waals surface area (Å²) in [6, 6.07) is 3.69. The van der Waals surface area contributed by atoms with Crippen molar-refractivity contribution in [2.75, 3.05) is 12.0 Å². The van der Waals surface area contributed by atoms with Crippen LogP contribution < -0.4 is 21.7 Å². The van der Waals surface area contributed by atoms with Gasteiger partial charge >= 0.3 is 11.9 Å². The number of H-pyrrole nitrogens is 1. The van der Waals surface area contributed by atoms with E-state index in [1.807, 2.05) is 0 Å². The number of carboxylic acids is 2. The third-order valence-corrected chi connectivity index (χ3v) is 6.13. The molecule has 0 bridgehead atoms. The third kappa shape index (κ3) is 10.2. The van der Waals surface area contributed by atoms with Crippen molar-refractivity contribution >= 4 is 41.4 Å². The van der Waals surface area contributed by atoms with E-state index in [1.165, 1.54) is 24.3 Å². The van der Waals surface area contributed by atoms with Crippen LogP contribution in [0.2, 0.25) is 0 Å². The first-order chi connectivity index (χ1) is 18.1. The summed E-state index contributed by atoms with van der Waals surface area (Å²) in [6.45, 7) is 0. The predicted octanol–water partition coefficient (Wildman–Crippen LogP) is -0.711. The van der Waals surface area contributed by atoms with Crippen LogP contribution in [-0.4, -0.2) is 86.0 Å². The Kier molecular flexibility index (Phi) is 12.3.